The number of ether oxygens (including phenoxy) is 1. The van der Waals surface area contributed by atoms with Crippen molar-refractivity contribution in [3.8, 4) is 17.0 Å². The van der Waals surface area contributed by atoms with Crippen LogP contribution in [0.5, 0.6) is 5.75 Å². The van der Waals surface area contributed by atoms with Gasteiger partial charge in [0.15, 0.2) is 5.82 Å². The first-order chi connectivity index (χ1) is 13.7. The zero-order chi connectivity index (χ0) is 19.3. The van der Waals surface area contributed by atoms with Crippen molar-refractivity contribution in [1.82, 2.24) is 15.5 Å². The molecule has 28 heavy (non-hydrogen) atoms. The first kappa shape index (κ1) is 18.1. The predicted molar refractivity (Wildman–Crippen MR) is 110 cm³/mol. The van der Waals surface area contributed by atoms with Gasteiger partial charge in [0.05, 0.1) is 12.8 Å². The molecule has 1 fully saturated rings. The molecule has 1 amide bonds. The van der Waals surface area contributed by atoms with E-state index in [2.05, 4.69) is 38.6 Å². The van der Waals surface area contributed by atoms with Crippen LogP contribution >= 0.6 is 0 Å². The second kappa shape index (κ2) is 8.17. The number of aromatic amines is 1. The number of amides is 1. The fourth-order valence-corrected chi connectivity index (χ4v) is 3.52. The van der Waals surface area contributed by atoms with Gasteiger partial charge in [-0.05, 0) is 36.6 Å². The van der Waals surface area contributed by atoms with Crippen molar-refractivity contribution in [2.45, 2.75) is 18.9 Å². The normalized spacial score (nSPS) is 14.7. The highest BCUT2D eigenvalue weighted by Gasteiger charge is 2.23. The highest BCUT2D eigenvalue weighted by Crippen LogP contribution is 2.24. The van der Waals surface area contributed by atoms with Crippen molar-refractivity contribution in [2.75, 3.05) is 25.1 Å². The summed E-state index contributed by atoms with van der Waals surface area (Å²) in [4.78, 5) is 14.8. The number of nitrogens with one attached hydrogen (secondary N) is 2. The second-order valence-corrected chi connectivity index (χ2v) is 6.97. The van der Waals surface area contributed by atoms with Crippen LogP contribution < -0.4 is 15.0 Å². The lowest BCUT2D eigenvalue weighted by Gasteiger charge is -2.32. The van der Waals surface area contributed by atoms with E-state index in [1.54, 1.807) is 13.2 Å². The van der Waals surface area contributed by atoms with Gasteiger partial charge >= 0.3 is 0 Å². The number of nitrogens with zero attached hydrogens (tertiary/aromatic N) is 2. The molecule has 2 heterocycles. The van der Waals surface area contributed by atoms with E-state index in [0.717, 1.165) is 43.0 Å². The molecule has 144 valence electrons. The lowest BCUT2D eigenvalue weighted by molar-refractivity contribution is 0.0930. The van der Waals surface area contributed by atoms with Gasteiger partial charge in [-0.2, -0.15) is 5.10 Å². The van der Waals surface area contributed by atoms with Crippen LogP contribution in [0.25, 0.3) is 11.3 Å². The molecular weight excluding hydrogens is 352 g/mol. The molecule has 0 atom stereocenters. The Balaban J connectivity index is 1.33. The summed E-state index contributed by atoms with van der Waals surface area (Å²) in [7, 11) is 1.60. The molecule has 1 saturated heterocycles. The summed E-state index contributed by atoms with van der Waals surface area (Å²) in [6.45, 7) is 1.73. The lowest BCUT2D eigenvalue weighted by atomic mass is 10.0. The maximum absolute atomic E-state index is 12.5. The van der Waals surface area contributed by atoms with E-state index in [-0.39, 0.29) is 11.9 Å². The number of carbonyl (C=O) groups is 1. The third-order valence-electron chi connectivity index (χ3n) is 5.14. The van der Waals surface area contributed by atoms with Crippen LogP contribution in [0.15, 0.2) is 60.7 Å². The van der Waals surface area contributed by atoms with Crippen molar-refractivity contribution in [3.05, 3.63) is 66.2 Å². The summed E-state index contributed by atoms with van der Waals surface area (Å²) in [6, 6.07) is 19.7. The fraction of sp³-hybridized carbons (Fsp3) is 0.273. The van der Waals surface area contributed by atoms with Crippen LogP contribution in [0.2, 0.25) is 0 Å². The zero-order valence-electron chi connectivity index (χ0n) is 15.9. The monoisotopic (exact) mass is 376 g/mol. The van der Waals surface area contributed by atoms with Crippen LogP contribution in [-0.2, 0) is 0 Å². The Morgan fingerprint density at radius 1 is 1.11 bits per heavy atom. The number of rotatable bonds is 5. The SMILES string of the molecule is COc1cccc(C(=O)NC2CCN(c3cc(-c4ccccc4)[nH]n3)CC2)c1. The van der Waals surface area contributed by atoms with Crippen molar-refractivity contribution in [3.63, 3.8) is 0 Å². The summed E-state index contributed by atoms with van der Waals surface area (Å²) in [5.74, 6) is 1.59. The van der Waals surface area contributed by atoms with Crippen molar-refractivity contribution in [2.24, 2.45) is 0 Å². The number of benzene rings is 2. The van der Waals surface area contributed by atoms with E-state index in [0.29, 0.717) is 11.3 Å². The van der Waals surface area contributed by atoms with E-state index in [1.165, 1.54) is 0 Å². The molecule has 1 aliphatic rings. The quantitative estimate of drug-likeness (QED) is 0.715. The summed E-state index contributed by atoms with van der Waals surface area (Å²) in [5, 5.41) is 10.7. The molecule has 0 saturated carbocycles. The molecule has 6 heteroatoms. The highest BCUT2D eigenvalue weighted by molar-refractivity contribution is 5.94. The van der Waals surface area contributed by atoms with Gasteiger partial charge in [0, 0.05) is 30.8 Å². The summed E-state index contributed by atoms with van der Waals surface area (Å²) in [5.41, 5.74) is 2.77. The van der Waals surface area contributed by atoms with Gasteiger partial charge in [0.25, 0.3) is 5.91 Å². The average molecular weight is 376 g/mol. The summed E-state index contributed by atoms with van der Waals surface area (Å²) >= 11 is 0. The van der Waals surface area contributed by atoms with Crippen molar-refractivity contribution < 1.29 is 9.53 Å². The van der Waals surface area contributed by atoms with E-state index < -0.39 is 0 Å². The van der Waals surface area contributed by atoms with Crippen LogP contribution in [0.3, 0.4) is 0 Å². The molecule has 3 aromatic rings. The lowest BCUT2D eigenvalue weighted by Crippen LogP contribution is -2.44. The molecule has 1 aromatic heterocycles. The Morgan fingerprint density at radius 3 is 2.64 bits per heavy atom. The number of aromatic nitrogens is 2. The van der Waals surface area contributed by atoms with Gasteiger partial charge in [-0.3, -0.25) is 9.89 Å². The van der Waals surface area contributed by atoms with Gasteiger partial charge < -0.3 is 15.0 Å². The summed E-state index contributed by atoms with van der Waals surface area (Å²) < 4.78 is 5.20. The molecule has 1 aliphatic heterocycles. The number of hydrogen-bond donors (Lipinski definition) is 2. The number of methoxy groups -OCH3 is 1. The van der Waals surface area contributed by atoms with Gasteiger partial charge in [0.1, 0.15) is 5.75 Å². The number of piperidine rings is 1. The molecule has 0 unspecified atom stereocenters. The van der Waals surface area contributed by atoms with Crippen LogP contribution in [0.1, 0.15) is 23.2 Å². The number of carbonyl (C=O) groups excluding carboxylic acids is 1. The molecule has 0 bridgehead atoms. The van der Waals surface area contributed by atoms with E-state index in [4.69, 9.17) is 4.74 Å². The third kappa shape index (κ3) is 4.01. The first-order valence-electron chi connectivity index (χ1n) is 9.53. The Hall–Kier alpha value is -3.28. The van der Waals surface area contributed by atoms with E-state index in [9.17, 15) is 4.79 Å². The predicted octanol–water partition coefficient (Wildman–Crippen LogP) is 3.48. The smallest absolute Gasteiger partial charge is 0.251 e. The molecule has 0 aliphatic carbocycles. The zero-order valence-corrected chi connectivity index (χ0v) is 15.9. The molecule has 4 rings (SSSR count). The number of anilines is 1. The van der Waals surface area contributed by atoms with E-state index >= 15 is 0 Å². The number of hydrogen-bond acceptors (Lipinski definition) is 4. The minimum atomic E-state index is -0.0523. The van der Waals surface area contributed by atoms with Crippen LogP contribution in [0, 0.1) is 0 Å². The Kier molecular flexibility index (Phi) is 5.28. The Labute approximate surface area is 164 Å². The molecule has 0 spiro atoms. The Bertz CT molecular complexity index is 930. The molecule has 2 aromatic carbocycles. The van der Waals surface area contributed by atoms with Crippen LogP contribution in [0.4, 0.5) is 5.82 Å². The van der Waals surface area contributed by atoms with Gasteiger partial charge in [-0.25, -0.2) is 0 Å². The molecule has 0 radical (unpaired) electrons. The number of H-pyrrole nitrogens is 1. The minimum Gasteiger partial charge on any atom is -0.497 e. The topological polar surface area (TPSA) is 70.2 Å². The van der Waals surface area contributed by atoms with E-state index in [1.807, 2.05) is 36.4 Å². The molecule has 6 nitrogen and oxygen atoms in total. The van der Waals surface area contributed by atoms with Crippen molar-refractivity contribution in [1.29, 1.82) is 0 Å². The Morgan fingerprint density at radius 2 is 1.89 bits per heavy atom. The molecule has 2 N–H and O–H groups in total. The van der Waals surface area contributed by atoms with Gasteiger partial charge in [-0.1, -0.05) is 36.4 Å². The third-order valence-corrected chi connectivity index (χ3v) is 5.14. The van der Waals surface area contributed by atoms with Gasteiger partial charge in [-0.15, -0.1) is 0 Å². The van der Waals surface area contributed by atoms with Crippen LogP contribution in [-0.4, -0.2) is 42.3 Å². The van der Waals surface area contributed by atoms with Crippen molar-refractivity contribution >= 4 is 11.7 Å². The largest absolute Gasteiger partial charge is 0.497 e. The fourth-order valence-electron chi connectivity index (χ4n) is 3.52. The average Bonchev–Trinajstić information content (AvgIpc) is 3.25. The molecular formula is C22H24N4O2. The minimum absolute atomic E-state index is 0.0523. The van der Waals surface area contributed by atoms with Gasteiger partial charge in [0.2, 0.25) is 0 Å². The standard InChI is InChI=1S/C22H24N4O2/c1-28-19-9-5-8-17(14-19)22(27)23-18-10-12-26(13-11-18)21-15-20(24-25-21)16-6-3-2-4-7-16/h2-9,14-15,18H,10-13H2,1H3,(H,23,27)(H,24,25). The summed E-state index contributed by atoms with van der Waals surface area (Å²) in [6.07, 6.45) is 1.78. The first-order valence-corrected chi connectivity index (χ1v) is 9.53. The maximum atomic E-state index is 12.5. The second-order valence-electron chi connectivity index (χ2n) is 6.97. The maximum Gasteiger partial charge on any atom is 0.251 e. The highest BCUT2D eigenvalue weighted by atomic mass is 16.5.